The van der Waals surface area contributed by atoms with Crippen LogP contribution in [-0.2, 0) is 19.1 Å². The summed E-state index contributed by atoms with van der Waals surface area (Å²) in [7, 11) is 1.29. The summed E-state index contributed by atoms with van der Waals surface area (Å²) in [5.41, 5.74) is 0. The Morgan fingerprint density at radius 1 is 1.15 bits per heavy atom. The fourth-order valence-electron chi connectivity index (χ4n) is 2.29. The van der Waals surface area contributed by atoms with Gasteiger partial charge in [0.2, 0.25) is 11.8 Å². The van der Waals surface area contributed by atoms with Crippen LogP contribution in [0.5, 0.6) is 0 Å². The van der Waals surface area contributed by atoms with E-state index in [0.717, 1.165) is 0 Å². The van der Waals surface area contributed by atoms with Crippen LogP contribution in [0.25, 0.3) is 0 Å². The van der Waals surface area contributed by atoms with E-state index >= 15 is 0 Å². The maximum Gasteiger partial charge on any atom is 0.328 e. The summed E-state index contributed by atoms with van der Waals surface area (Å²) in [5.74, 6) is -0.616. The van der Waals surface area contributed by atoms with Gasteiger partial charge in [-0.25, -0.2) is 4.79 Å². The Kier molecular flexibility index (Phi) is 5.98. The van der Waals surface area contributed by atoms with E-state index in [-0.39, 0.29) is 23.7 Å². The van der Waals surface area contributed by atoms with Crippen molar-refractivity contribution in [3.05, 3.63) is 0 Å². The largest absolute Gasteiger partial charge is 0.467 e. The predicted molar refractivity (Wildman–Crippen MR) is 73.8 cm³/mol. The molecule has 0 aromatic rings. The first-order valence-electron chi connectivity index (χ1n) is 7.03. The second-order valence-corrected chi connectivity index (χ2v) is 5.51. The molecular formula is C14H24N2O4. The minimum atomic E-state index is -0.636. The molecule has 1 fully saturated rings. The predicted octanol–water partition coefficient (Wildman–Crippen LogP) is 0.559. The fourth-order valence-corrected chi connectivity index (χ4v) is 2.29. The second-order valence-electron chi connectivity index (χ2n) is 5.51. The van der Waals surface area contributed by atoms with Gasteiger partial charge >= 0.3 is 5.97 Å². The third kappa shape index (κ3) is 4.21. The number of rotatable bonds is 4. The van der Waals surface area contributed by atoms with Crippen LogP contribution in [0.15, 0.2) is 0 Å². The van der Waals surface area contributed by atoms with Crippen LogP contribution in [0.1, 0.15) is 33.6 Å². The summed E-state index contributed by atoms with van der Waals surface area (Å²) in [5, 5.41) is 2.65. The van der Waals surface area contributed by atoms with Crippen molar-refractivity contribution in [2.75, 3.05) is 20.2 Å². The van der Waals surface area contributed by atoms with Crippen molar-refractivity contribution < 1.29 is 19.1 Å². The standard InChI is InChI=1S/C14H24N2O4/c1-9(2)13(18)16-7-5-11(6-8-16)12(17)15-10(3)14(19)20-4/h9-11H,5-8H2,1-4H3,(H,15,17). The third-order valence-electron chi connectivity index (χ3n) is 3.58. The highest BCUT2D eigenvalue weighted by atomic mass is 16.5. The van der Waals surface area contributed by atoms with Crippen LogP contribution in [0.4, 0.5) is 0 Å². The molecule has 0 radical (unpaired) electrons. The topological polar surface area (TPSA) is 75.7 Å². The minimum absolute atomic E-state index is 0.0141. The van der Waals surface area contributed by atoms with Crippen LogP contribution < -0.4 is 5.32 Å². The van der Waals surface area contributed by atoms with E-state index in [4.69, 9.17) is 0 Å². The van der Waals surface area contributed by atoms with E-state index in [1.165, 1.54) is 7.11 Å². The van der Waals surface area contributed by atoms with Crippen molar-refractivity contribution in [1.82, 2.24) is 10.2 Å². The van der Waals surface area contributed by atoms with Crippen LogP contribution in [0.2, 0.25) is 0 Å². The molecule has 6 heteroatoms. The number of piperidine rings is 1. The highest BCUT2D eigenvalue weighted by Crippen LogP contribution is 2.19. The molecule has 1 rings (SSSR count). The Labute approximate surface area is 119 Å². The number of carbonyl (C=O) groups excluding carboxylic acids is 3. The normalized spacial score (nSPS) is 17.8. The number of methoxy groups -OCH3 is 1. The highest BCUT2D eigenvalue weighted by Gasteiger charge is 2.29. The molecule has 0 spiro atoms. The number of likely N-dealkylation sites (tertiary alicyclic amines) is 1. The zero-order chi connectivity index (χ0) is 15.3. The Morgan fingerprint density at radius 2 is 1.70 bits per heavy atom. The van der Waals surface area contributed by atoms with Crippen molar-refractivity contribution in [1.29, 1.82) is 0 Å². The van der Waals surface area contributed by atoms with E-state index in [0.29, 0.717) is 25.9 Å². The summed E-state index contributed by atoms with van der Waals surface area (Å²) in [6.07, 6.45) is 1.27. The Bertz CT molecular complexity index is 373. The zero-order valence-electron chi connectivity index (χ0n) is 12.6. The molecule has 1 unspecified atom stereocenters. The first-order valence-corrected chi connectivity index (χ1v) is 7.03. The maximum atomic E-state index is 12.0. The number of hydrogen-bond donors (Lipinski definition) is 1. The summed E-state index contributed by atoms with van der Waals surface area (Å²) in [4.78, 5) is 36.9. The van der Waals surface area contributed by atoms with E-state index in [1.807, 2.05) is 13.8 Å². The number of hydrogen-bond acceptors (Lipinski definition) is 4. The lowest BCUT2D eigenvalue weighted by molar-refractivity contribution is -0.145. The molecule has 1 aliphatic rings. The van der Waals surface area contributed by atoms with E-state index < -0.39 is 12.0 Å². The van der Waals surface area contributed by atoms with Gasteiger partial charge in [-0.1, -0.05) is 13.8 Å². The molecule has 1 atom stereocenters. The second kappa shape index (κ2) is 7.26. The van der Waals surface area contributed by atoms with E-state index in [1.54, 1.807) is 11.8 Å². The maximum absolute atomic E-state index is 12.0. The number of ether oxygens (including phenoxy) is 1. The molecule has 0 aliphatic carbocycles. The lowest BCUT2D eigenvalue weighted by Crippen LogP contribution is -2.47. The molecule has 0 aromatic carbocycles. The molecule has 6 nitrogen and oxygen atoms in total. The molecule has 1 saturated heterocycles. The number of nitrogens with zero attached hydrogens (tertiary/aromatic N) is 1. The molecule has 1 N–H and O–H groups in total. The molecule has 2 amide bonds. The van der Waals surface area contributed by atoms with Crippen LogP contribution in [0.3, 0.4) is 0 Å². The monoisotopic (exact) mass is 284 g/mol. The van der Waals surface area contributed by atoms with Crippen LogP contribution in [0, 0.1) is 11.8 Å². The number of nitrogens with one attached hydrogen (secondary N) is 1. The number of esters is 1. The van der Waals surface area contributed by atoms with Gasteiger partial charge in [0.05, 0.1) is 7.11 Å². The Morgan fingerprint density at radius 3 is 2.15 bits per heavy atom. The van der Waals surface area contributed by atoms with Gasteiger partial charge in [-0.2, -0.15) is 0 Å². The molecule has 0 aromatic heterocycles. The molecular weight excluding hydrogens is 260 g/mol. The van der Waals surface area contributed by atoms with Crippen molar-refractivity contribution in [2.24, 2.45) is 11.8 Å². The van der Waals surface area contributed by atoms with Gasteiger partial charge in [-0.3, -0.25) is 9.59 Å². The molecule has 1 aliphatic heterocycles. The average molecular weight is 284 g/mol. The highest BCUT2D eigenvalue weighted by molar-refractivity contribution is 5.85. The summed E-state index contributed by atoms with van der Waals surface area (Å²) in [6, 6.07) is -0.636. The molecule has 20 heavy (non-hydrogen) atoms. The van der Waals surface area contributed by atoms with Gasteiger partial charge in [0.25, 0.3) is 0 Å². The Balaban J connectivity index is 2.43. The quantitative estimate of drug-likeness (QED) is 0.765. The first-order chi connectivity index (χ1) is 9.36. The number of amides is 2. The van der Waals surface area contributed by atoms with Crippen molar-refractivity contribution in [2.45, 2.75) is 39.7 Å². The van der Waals surface area contributed by atoms with Gasteiger partial charge in [-0.05, 0) is 19.8 Å². The summed E-state index contributed by atoms with van der Waals surface area (Å²) < 4.78 is 4.57. The molecule has 0 bridgehead atoms. The SMILES string of the molecule is COC(=O)C(C)NC(=O)C1CCN(C(=O)C(C)C)CC1. The van der Waals surface area contributed by atoms with Crippen LogP contribution >= 0.6 is 0 Å². The van der Waals surface area contributed by atoms with Gasteiger partial charge in [0.1, 0.15) is 6.04 Å². The zero-order valence-corrected chi connectivity index (χ0v) is 12.6. The Hall–Kier alpha value is -1.59. The lowest BCUT2D eigenvalue weighted by atomic mass is 9.95. The van der Waals surface area contributed by atoms with Crippen molar-refractivity contribution in [3.63, 3.8) is 0 Å². The van der Waals surface area contributed by atoms with E-state index in [2.05, 4.69) is 10.1 Å². The first kappa shape index (κ1) is 16.5. The van der Waals surface area contributed by atoms with Crippen molar-refractivity contribution in [3.8, 4) is 0 Å². The molecule has 114 valence electrons. The van der Waals surface area contributed by atoms with Gasteiger partial charge in [-0.15, -0.1) is 0 Å². The van der Waals surface area contributed by atoms with Gasteiger partial charge in [0, 0.05) is 24.9 Å². The van der Waals surface area contributed by atoms with Crippen LogP contribution in [-0.4, -0.2) is 48.9 Å². The lowest BCUT2D eigenvalue weighted by Gasteiger charge is -2.32. The smallest absolute Gasteiger partial charge is 0.328 e. The minimum Gasteiger partial charge on any atom is -0.467 e. The summed E-state index contributed by atoms with van der Waals surface area (Å²) in [6.45, 7) is 6.54. The molecule has 0 saturated carbocycles. The fraction of sp³-hybridized carbons (Fsp3) is 0.786. The van der Waals surface area contributed by atoms with E-state index in [9.17, 15) is 14.4 Å². The van der Waals surface area contributed by atoms with Crippen molar-refractivity contribution >= 4 is 17.8 Å². The van der Waals surface area contributed by atoms with Gasteiger partial charge in [0.15, 0.2) is 0 Å². The number of carbonyl (C=O) groups is 3. The third-order valence-corrected chi connectivity index (χ3v) is 3.58. The average Bonchev–Trinajstić information content (AvgIpc) is 2.45. The van der Waals surface area contributed by atoms with Gasteiger partial charge < -0.3 is 15.0 Å². The summed E-state index contributed by atoms with van der Waals surface area (Å²) >= 11 is 0. The molecule has 1 heterocycles.